The van der Waals surface area contributed by atoms with Crippen molar-refractivity contribution in [2.45, 2.75) is 12.5 Å². The summed E-state index contributed by atoms with van der Waals surface area (Å²) in [4.78, 5) is 37.7. The predicted molar refractivity (Wildman–Crippen MR) is 103 cm³/mol. The van der Waals surface area contributed by atoms with Gasteiger partial charge in [0.05, 0.1) is 12.8 Å². The van der Waals surface area contributed by atoms with Crippen molar-refractivity contribution in [3.8, 4) is 5.75 Å². The van der Waals surface area contributed by atoms with Gasteiger partial charge in [0.15, 0.2) is 0 Å². The third kappa shape index (κ3) is 4.22. The Balaban J connectivity index is 1.80. The molecule has 1 saturated heterocycles. The second kappa shape index (κ2) is 8.43. The van der Waals surface area contributed by atoms with E-state index < -0.39 is 17.9 Å². The molecule has 1 atom stereocenters. The van der Waals surface area contributed by atoms with E-state index >= 15 is 0 Å². The number of carboxylic acids is 1. The number of ether oxygens (including phenoxy) is 1. The molecule has 0 aromatic heterocycles. The Morgan fingerprint density at radius 1 is 1.25 bits per heavy atom. The van der Waals surface area contributed by atoms with Crippen molar-refractivity contribution >= 4 is 23.6 Å². The van der Waals surface area contributed by atoms with Crippen LogP contribution in [0.5, 0.6) is 5.75 Å². The number of methoxy groups -OCH3 is 1. The normalized spacial score (nSPS) is 14.3. The summed E-state index contributed by atoms with van der Waals surface area (Å²) in [5, 5.41) is 14.7. The van der Waals surface area contributed by atoms with Crippen molar-refractivity contribution in [1.82, 2.24) is 10.6 Å². The summed E-state index contributed by atoms with van der Waals surface area (Å²) >= 11 is 0. The van der Waals surface area contributed by atoms with Gasteiger partial charge in [0.1, 0.15) is 11.8 Å². The van der Waals surface area contributed by atoms with E-state index in [0.29, 0.717) is 24.5 Å². The highest BCUT2D eigenvalue weighted by molar-refractivity contribution is 6.00. The van der Waals surface area contributed by atoms with Crippen LogP contribution in [0, 0.1) is 0 Å². The van der Waals surface area contributed by atoms with E-state index in [1.54, 1.807) is 18.2 Å². The van der Waals surface area contributed by atoms with Crippen LogP contribution in [0.4, 0.5) is 10.5 Å². The number of nitrogens with one attached hydrogen (secondary N) is 2. The molecule has 1 heterocycles. The van der Waals surface area contributed by atoms with Crippen LogP contribution >= 0.6 is 0 Å². The third-order valence-electron chi connectivity index (χ3n) is 4.47. The Hall–Kier alpha value is -3.55. The quantitative estimate of drug-likeness (QED) is 0.674. The van der Waals surface area contributed by atoms with Crippen LogP contribution in [-0.4, -0.2) is 49.3 Å². The lowest BCUT2D eigenvalue weighted by atomic mass is 10.1. The van der Waals surface area contributed by atoms with Gasteiger partial charge in [-0.2, -0.15) is 0 Å². The largest absolute Gasteiger partial charge is 0.495 e. The molecule has 2 aromatic carbocycles. The molecule has 28 heavy (non-hydrogen) atoms. The van der Waals surface area contributed by atoms with Gasteiger partial charge in [-0.3, -0.25) is 9.69 Å². The zero-order valence-electron chi connectivity index (χ0n) is 15.3. The average Bonchev–Trinajstić information content (AvgIpc) is 3.13. The Bertz CT molecular complexity index is 885. The number of carboxylic acid groups (broad SMARTS) is 1. The molecule has 1 fully saturated rings. The van der Waals surface area contributed by atoms with Gasteiger partial charge in [0.2, 0.25) is 0 Å². The van der Waals surface area contributed by atoms with Crippen molar-refractivity contribution in [3.63, 3.8) is 0 Å². The fourth-order valence-corrected chi connectivity index (χ4v) is 3.04. The zero-order chi connectivity index (χ0) is 20.1. The van der Waals surface area contributed by atoms with Gasteiger partial charge in [-0.05, 0) is 23.8 Å². The summed E-state index contributed by atoms with van der Waals surface area (Å²) in [5.74, 6) is -1.20. The van der Waals surface area contributed by atoms with Crippen LogP contribution in [0.2, 0.25) is 0 Å². The molecule has 3 amide bonds. The highest BCUT2D eigenvalue weighted by Gasteiger charge is 2.26. The van der Waals surface area contributed by atoms with Crippen LogP contribution in [0.1, 0.15) is 15.9 Å². The highest BCUT2D eigenvalue weighted by atomic mass is 16.5. The number of amides is 3. The van der Waals surface area contributed by atoms with E-state index in [4.69, 9.17) is 4.74 Å². The molecule has 8 nitrogen and oxygen atoms in total. The molecule has 0 unspecified atom stereocenters. The fourth-order valence-electron chi connectivity index (χ4n) is 3.04. The monoisotopic (exact) mass is 383 g/mol. The summed E-state index contributed by atoms with van der Waals surface area (Å²) in [6.07, 6.45) is 0.166. The second-order valence-corrected chi connectivity index (χ2v) is 6.32. The molecule has 0 aliphatic carbocycles. The van der Waals surface area contributed by atoms with Crippen molar-refractivity contribution in [3.05, 3.63) is 59.7 Å². The maximum absolute atomic E-state index is 12.7. The van der Waals surface area contributed by atoms with Crippen molar-refractivity contribution in [1.29, 1.82) is 0 Å². The molecule has 0 saturated carbocycles. The number of rotatable bonds is 7. The predicted octanol–water partition coefficient (Wildman–Crippen LogP) is 1.65. The molecule has 3 rings (SSSR count). The first-order valence-electron chi connectivity index (χ1n) is 8.80. The maximum Gasteiger partial charge on any atom is 0.326 e. The lowest BCUT2D eigenvalue weighted by molar-refractivity contribution is -0.139. The summed E-state index contributed by atoms with van der Waals surface area (Å²) in [6.45, 7) is 0.947. The lowest BCUT2D eigenvalue weighted by Crippen LogP contribution is -2.42. The average molecular weight is 383 g/mol. The van der Waals surface area contributed by atoms with Gasteiger partial charge in [0.25, 0.3) is 5.91 Å². The van der Waals surface area contributed by atoms with Crippen LogP contribution in [0.25, 0.3) is 0 Å². The smallest absolute Gasteiger partial charge is 0.326 e. The molecular formula is C20H21N3O5. The SMILES string of the molecule is COc1ccc(C(=O)N[C@H](Cc2ccccc2)C(=O)O)cc1N1CCNC1=O. The highest BCUT2D eigenvalue weighted by Crippen LogP contribution is 2.30. The van der Waals surface area contributed by atoms with Crippen molar-refractivity contribution in [2.24, 2.45) is 0 Å². The van der Waals surface area contributed by atoms with E-state index in [0.717, 1.165) is 5.56 Å². The maximum atomic E-state index is 12.7. The molecule has 8 heteroatoms. The molecule has 1 aliphatic heterocycles. The number of hydrogen-bond acceptors (Lipinski definition) is 4. The Morgan fingerprint density at radius 2 is 2.00 bits per heavy atom. The number of aliphatic carboxylic acids is 1. The Kier molecular flexibility index (Phi) is 5.78. The van der Waals surface area contributed by atoms with Crippen LogP contribution in [0.15, 0.2) is 48.5 Å². The summed E-state index contributed by atoms with van der Waals surface area (Å²) in [5.41, 5.74) is 1.51. The fraction of sp³-hybridized carbons (Fsp3) is 0.250. The van der Waals surface area contributed by atoms with Crippen molar-refractivity contribution in [2.75, 3.05) is 25.1 Å². The number of benzene rings is 2. The summed E-state index contributed by atoms with van der Waals surface area (Å²) in [6, 6.07) is 12.4. The van der Waals surface area contributed by atoms with Crippen LogP contribution in [-0.2, 0) is 11.2 Å². The number of carbonyl (C=O) groups is 3. The Morgan fingerprint density at radius 3 is 2.61 bits per heavy atom. The van der Waals surface area contributed by atoms with E-state index in [1.807, 2.05) is 18.2 Å². The van der Waals surface area contributed by atoms with Crippen LogP contribution in [0.3, 0.4) is 0 Å². The zero-order valence-corrected chi connectivity index (χ0v) is 15.3. The minimum atomic E-state index is -1.12. The van der Waals surface area contributed by atoms with Gasteiger partial charge in [-0.15, -0.1) is 0 Å². The first kappa shape index (κ1) is 19.2. The van der Waals surface area contributed by atoms with E-state index in [9.17, 15) is 19.5 Å². The molecule has 3 N–H and O–H groups in total. The van der Waals surface area contributed by atoms with Gasteiger partial charge >= 0.3 is 12.0 Å². The van der Waals surface area contributed by atoms with Crippen LogP contribution < -0.4 is 20.3 Å². The van der Waals surface area contributed by atoms with Gasteiger partial charge in [-0.1, -0.05) is 30.3 Å². The third-order valence-corrected chi connectivity index (χ3v) is 4.47. The molecule has 146 valence electrons. The first-order valence-corrected chi connectivity index (χ1v) is 8.80. The molecule has 1 aliphatic rings. The molecule has 0 bridgehead atoms. The standard InChI is InChI=1S/C20H21N3O5/c1-28-17-8-7-14(12-16(17)23-10-9-21-20(23)27)18(24)22-15(19(25)26)11-13-5-3-2-4-6-13/h2-8,12,15H,9-11H2,1H3,(H,21,27)(H,22,24)(H,25,26)/t15-/m1/s1. The number of anilines is 1. The van der Waals surface area contributed by atoms with Gasteiger partial charge in [0, 0.05) is 25.1 Å². The number of hydrogen-bond donors (Lipinski definition) is 3. The molecule has 0 spiro atoms. The van der Waals surface area contributed by atoms with E-state index in [-0.39, 0.29) is 18.0 Å². The van der Waals surface area contributed by atoms with Crippen molar-refractivity contribution < 1.29 is 24.2 Å². The van der Waals surface area contributed by atoms with Gasteiger partial charge < -0.3 is 20.5 Å². The second-order valence-electron chi connectivity index (χ2n) is 6.32. The Labute approximate surface area is 162 Å². The molecule has 2 aromatic rings. The number of carbonyl (C=O) groups excluding carboxylic acids is 2. The molecule has 0 radical (unpaired) electrons. The topological polar surface area (TPSA) is 108 Å². The lowest BCUT2D eigenvalue weighted by Gasteiger charge is -2.19. The summed E-state index contributed by atoms with van der Waals surface area (Å²) < 4.78 is 5.29. The first-order chi connectivity index (χ1) is 13.5. The minimum Gasteiger partial charge on any atom is -0.495 e. The summed E-state index contributed by atoms with van der Waals surface area (Å²) in [7, 11) is 1.48. The minimum absolute atomic E-state index is 0.166. The molecular weight excluding hydrogens is 362 g/mol. The van der Waals surface area contributed by atoms with E-state index in [2.05, 4.69) is 10.6 Å². The van der Waals surface area contributed by atoms with E-state index in [1.165, 1.54) is 24.1 Å². The number of urea groups is 1. The number of nitrogens with zero attached hydrogens (tertiary/aromatic N) is 1. The van der Waals surface area contributed by atoms with Gasteiger partial charge in [-0.25, -0.2) is 9.59 Å².